The van der Waals surface area contributed by atoms with Crippen LogP contribution in [0.25, 0.3) is 0 Å². The van der Waals surface area contributed by atoms with Gasteiger partial charge in [-0.25, -0.2) is 8.42 Å². The summed E-state index contributed by atoms with van der Waals surface area (Å²) in [7, 11) is -2.28. The summed E-state index contributed by atoms with van der Waals surface area (Å²) in [4.78, 5) is 12.5. The van der Waals surface area contributed by atoms with E-state index in [1.165, 1.54) is 34.9 Å². The minimum atomic E-state index is -3.72. The number of nitrogens with one attached hydrogen (secondary N) is 1. The number of carbonyl (C=O) groups excluding carboxylic acids is 1. The summed E-state index contributed by atoms with van der Waals surface area (Å²) in [6.07, 6.45) is 3.76. The Morgan fingerprint density at radius 2 is 1.88 bits per heavy atom. The van der Waals surface area contributed by atoms with Gasteiger partial charge in [0.2, 0.25) is 10.0 Å². The highest BCUT2D eigenvalue weighted by molar-refractivity contribution is 7.89. The standard InChI is InChI=1S/C18H22N2O4S2/c1-24-16-7-6-14(18(21)19-15-8-11-25-13-15)12-17(16)26(22,23)20-9-4-2-3-5-10-20/h6-8,11-13H,2-5,9-10H2,1H3,(H,19,21). The van der Waals surface area contributed by atoms with Gasteiger partial charge in [-0.3, -0.25) is 4.79 Å². The molecular weight excluding hydrogens is 372 g/mol. The Hall–Kier alpha value is -1.90. The second-order valence-electron chi connectivity index (χ2n) is 6.15. The third kappa shape index (κ3) is 4.08. The summed E-state index contributed by atoms with van der Waals surface area (Å²) in [5, 5.41) is 6.44. The maximum Gasteiger partial charge on any atom is 0.255 e. The fourth-order valence-corrected chi connectivity index (χ4v) is 5.27. The number of nitrogens with zero attached hydrogens (tertiary/aromatic N) is 1. The van der Waals surface area contributed by atoms with Crippen LogP contribution in [0.1, 0.15) is 36.0 Å². The second-order valence-corrected chi connectivity index (χ2v) is 8.84. The van der Waals surface area contributed by atoms with Crippen molar-refractivity contribution in [2.24, 2.45) is 0 Å². The number of methoxy groups -OCH3 is 1. The highest BCUT2D eigenvalue weighted by Crippen LogP contribution is 2.29. The highest BCUT2D eigenvalue weighted by atomic mass is 32.2. The third-order valence-electron chi connectivity index (χ3n) is 4.39. The molecule has 0 radical (unpaired) electrons. The molecule has 1 aromatic carbocycles. The van der Waals surface area contributed by atoms with E-state index in [0.29, 0.717) is 18.8 Å². The van der Waals surface area contributed by atoms with Crippen LogP contribution in [0, 0.1) is 0 Å². The number of benzene rings is 1. The zero-order valence-electron chi connectivity index (χ0n) is 14.6. The molecule has 2 heterocycles. The molecule has 1 aliphatic rings. The first-order valence-corrected chi connectivity index (χ1v) is 10.9. The molecule has 0 aliphatic carbocycles. The van der Waals surface area contributed by atoms with Gasteiger partial charge in [0.1, 0.15) is 10.6 Å². The Kier molecular flexibility index (Phi) is 5.95. The van der Waals surface area contributed by atoms with Crippen LogP contribution >= 0.6 is 11.3 Å². The average Bonchev–Trinajstić information content (AvgIpc) is 2.99. The predicted octanol–water partition coefficient (Wildman–Crippen LogP) is 3.57. The maximum absolute atomic E-state index is 13.1. The summed E-state index contributed by atoms with van der Waals surface area (Å²) < 4.78 is 33.0. The maximum atomic E-state index is 13.1. The van der Waals surface area contributed by atoms with E-state index in [-0.39, 0.29) is 22.1 Å². The molecule has 0 bridgehead atoms. The molecule has 8 heteroatoms. The average molecular weight is 395 g/mol. The lowest BCUT2D eigenvalue weighted by Crippen LogP contribution is -2.32. The van der Waals surface area contributed by atoms with Crippen molar-refractivity contribution >= 4 is 33.0 Å². The molecule has 0 saturated carbocycles. The Morgan fingerprint density at radius 3 is 2.50 bits per heavy atom. The molecule has 1 fully saturated rings. The van der Waals surface area contributed by atoms with Gasteiger partial charge < -0.3 is 10.1 Å². The zero-order chi connectivity index (χ0) is 18.6. The molecule has 140 valence electrons. The summed E-state index contributed by atoms with van der Waals surface area (Å²) in [6.45, 7) is 0.994. The van der Waals surface area contributed by atoms with Gasteiger partial charge in [-0.1, -0.05) is 12.8 Å². The molecule has 6 nitrogen and oxygen atoms in total. The van der Waals surface area contributed by atoms with Gasteiger partial charge >= 0.3 is 0 Å². The van der Waals surface area contributed by atoms with Gasteiger partial charge in [0.25, 0.3) is 5.91 Å². The third-order valence-corrected chi connectivity index (χ3v) is 6.99. The fraction of sp³-hybridized carbons (Fsp3) is 0.389. The van der Waals surface area contributed by atoms with E-state index in [1.807, 2.05) is 10.8 Å². The van der Waals surface area contributed by atoms with Gasteiger partial charge in [-0.05, 0) is 42.5 Å². The van der Waals surface area contributed by atoms with Crippen molar-refractivity contribution in [2.45, 2.75) is 30.6 Å². The topological polar surface area (TPSA) is 75.7 Å². The van der Waals surface area contributed by atoms with E-state index >= 15 is 0 Å². The van der Waals surface area contributed by atoms with Crippen LogP contribution in [0.3, 0.4) is 0 Å². The minimum absolute atomic E-state index is 0.0415. The van der Waals surface area contributed by atoms with Crippen molar-refractivity contribution in [3.63, 3.8) is 0 Å². The molecule has 1 saturated heterocycles. The van der Waals surface area contributed by atoms with Crippen molar-refractivity contribution in [3.8, 4) is 5.75 Å². The number of anilines is 1. The van der Waals surface area contributed by atoms with Gasteiger partial charge in [0.15, 0.2) is 0 Å². The quantitative estimate of drug-likeness (QED) is 0.841. The zero-order valence-corrected chi connectivity index (χ0v) is 16.2. The first kappa shape index (κ1) is 18.9. The smallest absolute Gasteiger partial charge is 0.255 e. The van der Waals surface area contributed by atoms with E-state index in [9.17, 15) is 13.2 Å². The molecule has 3 rings (SSSR count). The summed E-state index contributed by atoms with van der Waals surface area (Å²) in [6, 6.07) is 6.30. The summed E-state index contributed by atoms with van der Waals surface area (Å²) in [5.41, 5.74) is 0.971. The molecule has 0 unspecified atom stereocenters. The SMILES string of the molecule is COc1ccc(C(=O)Nc2ccsc2)cc1S(=O)(=O)N1CCCCCC1. The highest BCUT2D eigenvalue weighted by Gasteiger charge is 2.29. The molecule has 1 N–H and O–H groups in total. The number of rotatable bonds is 5. The van der Waals surface area contributed by atoms with E-state index in [2.05, 4.69) is 5.32 Å². The lowest BCUT2D eigenvalue weighted by Gasteiger charge is -2.21. The predicted molar refractivity (Wildman–Crippen MR) is 102 cm³/mol. The number of amides is 1. The number of carbonyl (C=O) groups is 1. The number of thiophene rings is 1. The Morgan fingerprint density at radius 1 is 1.15 bits per heavy atom. The molecule has 1 aromatic heterocycles. The van der Waals surface area contributed by atoms with Crippen molar-refractivity contribution in [1.29, 1.82) is 0 Å². The number of hydrogen-bond donors (Lipinski definition) is 1. The van der Waals surface area contributed by atoms with Gasteiger partial charge in [0.05, 0.1) is 12.8 Å². The first-order chi connectivity index (χ1) is 12.5. The molecule has 2 aromatic rings. The summed E-state index contributed by atoms with van der Waals surface area (Å²) in [5.74, 6) is -0.0975. The van der Waals surface area contributed by atoms with Crippen LogP contribution in [-0.4, -0.2) is 38.8 Å². The van der Waals surface area contributed by atoms with Crippen LogP contribution in [0.4, 0.5) is 5.69 Å². The van der Waals surface area contributed by atoms with Gasteiger partial charge in [-0.15, -0.1) is 0 Å². The van der Waals surface area contributed by atoms with Crippen LogP contribution < -0.4 is 10.1 Å². The van der Waals surface area contributed by atoms with Crippen molar-refractivity contribution in [1.82, 2.24) is 4.31 Å². The molecule has 26 heavy (non-hydrogen) atoms. The van der Waals surface area contributed by atoms with E-state index in [4.69, 9.17) is 4.74 Å². The van der Waals surface area contributed by atoms with E-state index in [0.717, 1.165) is 25.7 Å². The van der Waals surface area contributed by atoms with Crippen LogP contribution in [0.15, 0.2) is 39.9 Å². The summed E-state index contributed by atoms with van der Waals surface area (Å²) >= 11 is 1.47. The van der Waals surface area contributed by atoms with Crippen molar-refractivity contribution < 1.29 is 17.9 Å². The van der Waals surface area contributed by atoms with Crippen molar-refractivity contribution in [3.05, 3.63) is 40.6 Å². The van der Waals surface area contributed by atoms with E-state index < -0.39 is 10.0 Å². The molecule has 0 spiro atoms. The number of ether oxygens (including phenoxy) is 1. The molecule has 0 atom stereocenters. The van der Waals surface area contributed by atoms with Gasteiger partial charge in [0, 0.05) is 24.0 Å². The largest absolute Gasteiger partial charge is 0.495 e. The Bertz CT molecular complexity index is 855. The lowest BCUT2D eigenvalue weighted by atomic mass is 10.2. The normalized spacial score (nSPS) is 16.0. The second kappa shape index (κ2) is 8.20. The van der Waals surface area contributed by atoms with E-state index in [1.54, 1.807) is 12.1 Å². The Labute approximate surface area is 157 Å². The van der Waals surface area contributed by atoms with Gasteiger partial charge in [-0.2, -0.15) is 15.6 Å². The molecular formula is C18H22N2O4S2. The van der Waals surface area contributed by atoms with Crippen LogP contribution in [0.5, 0.6) is 5.75 Å². The number of sulfonamides is 1. The molecule has 1 aliphatic heterocycles. The first-order valence-electron chi connectivity index (χ1n) is 8.54. The Balaban J connectivity index is 1.93. The van der Waals surface area contributed by atoms with Crippen LogP contribution in [0.2, 0.25) is 0 Å². The fourth-order valence-electron chi connectivity index (χ4n) is 2.98. The monoisotopic (exact) mass is 394 g/mol. The lowest BCUT2D eigenvalue weighted by molar-refractivity contribution is 0.102. The molecule has 1 amide bonds. The van der Waals surface area contributed by atoms with Crippen molar-refractivity contribution in [2.75, 3.05) is 25.5 Å². The number of hydrogen-bond acceptors (Lipinski definition) is 5. The van der Waals surface area contributed by atoms with Crippen LogP contribution in [-0.2, 0) is 10.0 Å². The minimum Gasteiger partial charge on any atom is -0.495 e.